The molecule has 3 rings (SSSR count). The van der Waals surface area contributed by atoms with E-state index in [9.17, 15) is 0 Å². The Balaban J connectivity index is 1.27. The van der Waals surface area contributed by atoms with E-state index in [1.54, 1.807) is 0 Å². The van der Waals surface area contributed by atoms with Gasteiger partial charge < -0.3 is 14.2 Å². The van der Waals surface area contributed by atoms with E-state index in [0.29, 0.717) is 31.5 Å². The average molecular weight is 337 g/mol. The molecule has 0 aromatic carbocycles. The van der Waals surface area contributed by atoms with Crippen LogP contribution in [-0.4, -0.2) is 43.9 Å². The van der Waals surface area contributed by atoms with Crippen LogP contribution in [0, 0.1) is 12.3 Å². The molecule has 1 aliphatic heterocycles. The second-order valence-electron chi connectivity index (χ2n) is 7.23. The van der Waals surface area contributed by atoms with Crippen LogP contribution in [0.1, 0.15) is 64.2 Å². The van der Waals surface area contributed by atoms with Crippen LogP contribution in [-0.2, 0) is 19.0 Å². The smallest absolute Gasteiger partial charge is 0.134 e. The van der Waals surface area contributed by atoms with Crippen LogP contribution in [0.25, 0.3) is 0 Å². The molecule has 2 atom stereocenters. The number of hydroxylamine groups is 1. The summed E-state index contributed by atoms with van der Waals surface area (Å²) in [6.45, 7) is 0.918. The summed E-state index contributed by atoms with van der Waals surface area (Å²) >= 11 is 0. The number of terminal acetylenes is 1. The summed E-state index contributed by atoms with van der Waals surface area (Å²) in [5, 5.41) is 0. The third-order valence-electron chi connectivity index (χ3n) is 5.29. The first kappa shape index (κ1) is 18.2. The van der Waals surface area contributed by atoms with Gasteiger partial charge in [0, 0.05) is 6.42 Å². The number of ether oxygens (including phenoxy) is 3. The van der Waals surface area contributed by atoms with E-state index in [1.165, 1.54) is 32.1 Å². The minimum Gasteiger partial charge on any atom is -0.375 e. The predicted octanol–water partition coefficient (Wildman–Crippen LogP) is 2.93. The van der Waals surface area contributed by atoms with Crippen LogP contribution < -0.4 is 5.48 Å². The normalized spacial score (nSPS) is 35.0. The van der Waals surface area contributed by atoms with Crippen molar-refractivity contribution in [2.75, 3.05) is 13.2 Å². The number of rotatable bonds is 7. The fourth-order valence-corrected chi connectivity index (χ4v) is 3.91. The Kier molecular flexibility index (Phi) is 7.37. The van der Waals surface area contributed by atoms with Gasteiger partial charge in [-0.3, -0.25) is 4.84 Å². The number of hydrogen-bond acceptors (Lipinski definition) is 5. The first-order valence-corrected chi connectivity index (χ1v) is 9.57. The maximum Gasteiger partial charge on any atom is 0.134 e. The quantitative estimate of drug-likeness (QED) is 0.724. The first-order valence-electron chi connectivity index (χ1n) is 9.57. The minimum absolute atomic E-state index is 0.0454. The standard InChI is InChI=1S/C19H31NO4/c1-2-12-21-19-13-18(24-20-19)14-22-15-8-10-17(11-9-15)23-16-6-4-3-5-7-16/h1,15-20H,3-14H2. The highest BCUT2D eigenvalue weighted by molar-refractivity contribution is 4.84. The average Bonchev–Trinajstić information content (AvgIpc) is 3.08. The summed E-state index contributed by atoms with van der Waals surface area (Å²) in [5.74, 6) is 2.47. The molecule has 5 nitrogen and oxygen atoms in total. The van der Waals surface area contributed by atoms with Gasteiger partial charge in [0.25, 0.3) is 0 Å². The molecule has 5 heteroatoms. The molecule has 2 aliphatic carbocycles. The summed E-state index contributed by atoms with van der Waals surface area (Å²) in [6, 6.07) is 0. The minimum atomic E-state index is -0.116. The van der Waals surface area contributed by atoms with Gasteiger partial charge in [-0.05, 0) is 38.5 Å². The third kappa shape index (κ3) is 5.72. The van der Waals surface area contributed by atoms with Crippen LogP contribution in [0.3, 0.4) is 0 Å². The van der Waals surface area contributed by atoms with Gasteiger partial charge in [-0.15, -0.1) is 6.42 Å². The molecule has 1 saturated heterocycles. The Morgan fingerprint density at radius 3 is 2.38 bits per heavy atom. The van der Waals surface area contributed by atoms with Crippen LogP contribution in [0.5, 0.6) is 0 Å². The molecule has 2 unspecified atom stereocenters. The largest absolute Gasteiger partial charge is 0.375 e. The Labute approximate surface area is 145 Å². The molecule has 0 aromatic rings. The third-order valence-corrected chi connectivity index (χ3v) is 5.29. The van der Waals surface area contributed by atoms with Crippen LogP contribution >= 0.6 is 0 Å². The molecule has 0 bridgehead atoms. The topological polar surface area (TPSA) is 49.0 Å². The van der Waals surface area contributed by atoms with Crippen molar-refractivity contribution in [2.45, 2.75) is 94.9 Å². The maximum atomic E-state index is 6.29. The Morgan fingerprint density at radius 1 is 0.917 bits per heavy atom. The van der Waals surface area contributed by atoms with Gasteiger partial charge in [-0.25, -0.2) is 0 Å². The molecule has 1 N–H and O–H groups in total. The van der Waals surface area contributed by atoms with Crippen LogP contribution in [0.4, 0.5) is 0 Å². The van der Waals surface area contributed by atoms with E-state index in [4.69, 9.17) is 25.5 Å². The summed E-state index contributed by atoms with van der Waals surface area (Å²) in [6.07, 6.45) is 18.2. The highest BCUT2D eigenvalue weighted by atomic mass is 16.7. The SMILES string of the molecule is C#CCOC1CC(COC2CCC(OC3CCCCC3)CC2)ON1. The van der Waals surface area contributed by atoms with Gasteiger partial charge >= 0.3 is 0 Å². The molecule has 0 spiro atoms. The lowest BCUT2D eigenvalue weighted by Gasteiger charge is -2.33. The first-order chi connectivity index (χ1) is 11.8. The summed E-state index contributed by atoms with van der Waals surface area (Å²) in [7, 11) is 0. The van der Waals surface area contributed by atoms with Gasteiger partial charge in [0.1, 0.15) is 18.9 Å². The fourth-order valence-electron chi connectivity index (χ4n) is 3.91. The molecule has 1 heterocycles. The molecule has 0 aromatic heterocycles. The van der Waals surface area contributed by atoms with Crippen LogP contribution in [0.2, 0.25) is 0 Å². The number of nitrogens with one attached hydrogen (secondary N) is 1. The predicted molar refractivity (Wildman–Crippen MR) is 91.2 cm³/mol. The van der Waals surface area contributed by atoms with Gasteiger partial charge in [0.2, 0.25) is 0 Å². The second kappa shape index (κ2) is 9.74. The van der Waals surface area contributed by atoms with E-state index in [-0.39, 0.29) is 12.3 Å². The fraction of sp³-hybridized carbons (Fsp3) is 0.895. The molecule has 136 valence electrons. The van der Waals surface area contributed by atoms with Crippen molar-refractivity contribution in [3.05, 3.63) is 0 Å². The van der Waals surface area contributed by atoms with Gasteiger partial charge in [-0.2, -0.15) is 5.48 Å². The van der Waals surface area contributed by atoms with Gasteiger partial charge in [-0.1, -0.05) is 25.2 Å². The molecular weight excluding hydrogens is 306 g/mol. The zero-order chi connectivity index (χ0) is 16.6. The Bertz CT molecular complexity index is 397. The zero-order valence-corrected chi connectivity index (χ0v) is 14.6. The number of hydrogen-bond donors (Lipinski definition) is 1. The van der Waals surface area contributed by atoms with Crippen molar-refractivity contribution in [3.8, 4) is 12.3 Å². The molecular formula is C19H31NO4. The van der Waals surface area contributed by atoms with E-state index < -0.39 is 0 Å². The van der Waals surface area contributed by atoms with Crippen molar-refractivity contribution < 1.29 is 19.0 Å². The lowest BCUT2D eigenvalue weighted by Crippen LogP contribution is -2.32. The van der Waals surface area contributed by atoms with Crippen molar-refractivity contribution in [1.29, 1.82) is 0 Å². The van der Waals surface area contributed by atoms with E-state index in [2.05, 4.69) is 11.4 Å². The van der Waals surface area contributed by atoms with Crippen molar-refractivity contribution in [3.63, 3.8) is 0 Å². The second-order valence-corrected chi connectivity index (χ2v) is 7.23. The van der Waals surface area contributed by atoms with Gasteiger partial charge in [0.05, 0.1) is 24.9 Å². The Hall–Kier alpha value is -0.640. The molecule has 3 fully saturated rings. The summed E-state index contributed by atoms with van der Waals surface area (Å²) < 4.78 is 17.7. The molecule has 3 aliphatic rings. The van der Waals surface area contributed by atoms with E-state index in [1.807, 2.05) is 0 Å². The zero-order valence-electron chi connectivity index (χ0n) is 14.6. The Morgan fingerprint density at radius 2 is 1.62 bits per heavy atom. The molecule has 0 amide bonds. The lowest BCUT2D eigenvalue weighted by atomic mass is 9.93. The highest BCUT2D eigenvalue weighted by Gasteiger charge is 2.29. The van der Waals surface area contributed by atoms with Crippen LogP contribution in [0.15, 0.2) is 0 Å². The van der Waals surface area contributed by atoms with Crippen molar-refractivity contribution in [2.24, 2.45) is 0 Å². The van der Waals surface area contributed by atoms with E-state index >= 15 is 0 Å². The molecule has 24 heavy (non-hydrogen) atoms. The van der Waals surface area contributed by atoms with E-state index in [0.717, 1.165) is 32.1 Å². The van der Waals surface area contributed by atoms with Crippen molar-refractivity contribution in [1.82, 2.24) is 5.48 Å². The summed E-state index contributed by atoms with van der Waals surface area (Å²) in [4.78, 5) is 5.48. The lowest BCUT2D eigenvalue weighted by molar-refractivity contribution is -0.0929. The molecule has 2 saturated carbocycles. The van der Waals surface area contributed by atoms with Crippen molar-refractivity contribution >= 4 is 0 Å². The highest BCUT2D eigenvalue weighted by Crippen LogP contribution is 2.29. The summed E-state index contributed by atoms with van der Waals surface area (Å²) in [5.41, 5.74) is 2.86. The molecule has 0 radical (unpaired) electrons. The monoisotopic (exact) mass is 337 g/mol. The maximum absolute atomic E-state index is 6.29. The van der Waals surface area contributed by atoms with Gasteiger partial charge in [0.15, 0.2) is 0 Å².